The Bertz CT molecular complexity index is 945. The van der Waals surface area contributed by atoms with E-state index in [0.717, 1.165) is 4.31 Å². The van der Waals surface area contributed by atoms with E-state index in [0.29, 0.717) is 9.90 Å². The minimum atomic E-state index is -3.92. The van der Waals surface area contributed by atoms with Gasteiger partial charge in [-0.25, -0.2) is 8.42 Å². The number of nitrogens with zero attached hydrogens (tertiary/aromatic N) is 1. The van der Waals surface area contributed by atoms with Crippen LogP contribution in [0, 0.1) is 0 Å². The smallest absolute Gasteiger partial charge is 0.321 e. The predicted octanol–water partition coefficient (Wildman–Crippen LogP) is 1.03. The molecule has 0 saturated carbocycles. The van der Waals surface area contributed by atoms with Gasteiger partial charge in [-0.3, -0.25) is 25.2 Å². The monoisotopic (exact) mass is 445 g/mol. The topological polar surface area (TPSA) is 122 Å². The van der Waals surface area contributed by atoms with Crippen LogP contribution in [0.3, 0.4) is 0 Å². The van der Waals surface area contributed by atoms with E-state index in [1.165, 1.54) is 42.6 Å². The number of amides is 2. The lowest BCUT2D eigenvalue weighted by molar-refractivity contribution is -0.148. The number of halogens is 1. The summed E-state index contributed by atoms with van der Waals surface area (Å²) in [6.07, 6.45) is 0. The van der Waals surface area contributed by atoms with Gasteiger partial charge in [-0.1, -0.05) is 17.7 Å². The van der Waals surface area contributed by atoms with Gasteiger partial charge in [0.1, 0.15) is 6.54 Å². The second-order valence-corrected chi connectivity index (χ2v) is 8.78. The first kappa shape index (κ1) is 21.8. The maximum Gasteiger partial charge on any atom is 0.321 e. The molecule has 0 aliphatic rings. The van der Waals surface area contributed by atoms with Gasteiger partial charge in [0.2, 0.25) is 10.0 Å². The Labute approximate surface area is 170 Å². The molecule has 12 heteroatoms. The number of hydrogen-bond acceptors (Lipinski definition) is 7. The molecular weight excluding hydrogens is 430 g/mol. The van der Waals surface area contributed by atoms with Crippen molar-refractivity contribution in [2.75, 3.05) is 20.2 Å². The van der Waals surface area contributed by atoms with Crippen LogP contribution >= 0.6 is 22.9 Å². The number of sulfonamides is 1. The summed E-state index contributed by atoms with van der Waals surface area (Å²) in [5.74, 6) is -2.22. The summed E-state index contributed by atoms with van der Waals surface area (Å²) in [5.41, 5.74) is 4.25. The lowest BCUT2D eigenvalue weighted by Crippen LogP contribution is -2.43. The first-order valence-electron chi connectivity index (χ1n) is 7.70. The van der Waals surface area contributed by atoms with Crippen LogP contribution in [0.15, 0.2) is 46.7 Å². The Morgan fingerprint density at radius 3 is 2.43 bits per heavy atom. The van der Waals surface area contributed by atoms with Gasteiger partial charge in [-0.05, 0) is 35.7 Å². The molecule has 0 radical (unpaired) electrons. The van der Waals surface area contributed by atoms with Crippen molar-refractivity contribution in [2.45, 2.75) is 4.90 Å². The molecule has 2 amide bonds. The van der Waals surface area contributed by atoms with Gasteiger partial charge in [-0.2, -0.15) is 4.31 Å². The SMILES string of the molecule is CN(CC(=O)OCC(=O)NNC(=O)c1cccs1)S(=O)(=O)c1ccc(Cl)cc1. The molecule has 150 valence electrons. The molecule has 1 heterocycles. The third-order valence-electron chi connectivity index (χ3n) is 3.30. The lowest BCUT2D eigenvalue weighted by atomic mass is 10.4. The largest absolute Gasteiger partial charge is 0.455 e. The van der Waals surface area contributed by atoms with Crippen LogP contribution in [0.5, 0.6) is 0 Å². The lowest BCUT2D eigenvalue weighted by Gasteiger charge is -2.16. The molecule has 0 spiro atoms. The van der Waals surface area contributed by atoms with E-state index in [2.05, 4.69) is 10.9 Å². The van der Waals surface area contributed by atoms with Crippen molar-refractivity contribution in [3.8, 4) is 0 Å². The number of esters is 1. The van der Waals surface area contributed by atoms with Crippen molar-refractivity contribution < 1.29 is 27.5 Å². The van der Waals surface area contributed by atoms with E-state index in [9.17, 15) is 22.8 Å². The zero-order valence-corrected chi connectivity index (χ0v) is 16.9. The van der Waals surface area contributed by atoms with Crippen molar-refractivity contribution in [1.29, 1.82) is 0 Å². The fourth-order valence-electron chi connectivity index (χ4n) is 1.88. The number of likely N-dealkylation sites (N-methyl/N-ethyl adjacent to an activating group) is 1. The Kier molecular flexibility index (Phi) is 7.52. The maximum absolute atomic E-state index is 12.4. The summed E-state index contributed by atoms with van der Waals surface area (Å²) in [7, 11) is -2.72. The second kappa shape index (κ2) is 9.64. The first-order valence-corrected chi connectivity index (χ1v) is 10.4. The predicted molar refractivity (Wildman–Crippen MR) is 102 cm³/mol. The summed E-state index contributed by atoms with van der Waals surface area (Å²) in [5, 5.41) is 2.07. The summed E-state index contributed by atoms with van der Waals surface area (Å²) < 4.78 is 30.2. The van der Waals surface area contributed by atoms with Crippen LogP contribution in [-0.2, 0) is 24.3 Å². The number of nitrogens with one attached hydrogen (secondary N) is 2. The van der Waals surface area contributed by atoms with Crippen molar-refractivity contribution in [3.05, 3.63) is 51.7 Å². The highest BCUT2D eigenvalue weighted by Gasteiger charge is 2.23. The minimum absolute atomic E-state index is 0.0405. The zero-order chi connectivity index (χ0) is 20.7. The van der Waals surface area contributed by atoms with E-state index in [-0.39, 0.29) is 4.90 Å². The van der Waals surface area contributed by atoms with Gasteiger partial charge in [-0.15, -0.1) is 11.3 Å². The molecule has 2 rings (SSSR count). The second-order valence-electron chi connectivity index (χ2n) is 5.36. The fourth-order valence-corrected chi connectivity index (χ4v) is 3.74. The average Bonchev–Trinajstić information content (AvgIpc) is 3.19. The molecule has 2 N–H and O–H groups in total. The summed E-state index contributed by atoms with van der Waals surface area (Å²) in [4.78, 5) is 35.4. The molecule has 2 aromatic rings. The Balaban J connectivity index is 1.78. The highest BCUT2D eigenvalue weighted by Crippen LogP contribution is 2.17. The van der Waals surface area contributed by atoms with Gasteiger partial charge < -0.3 is 4.74 Å². The van der Waals surface area contributed by atoms with Gasteiger partial charge in [0.05, 0.1) is 9.77 Å². The van der Waals surface area contributed by atoms with E-state index in [4.69, 9.17) is 16.3 Å². The number of rotatable bonds is 7. The van der Waals surface area contributed by atoms with E-state index >= 15 is 0 Å². The molecule has 0 aliphatic heterocycles. The van der Waals surface area contributed by atoms with Gasteiger partial charge in [0.15, 0.2) is 6.61 Å². The fraction of sp³-hybridized carbons (Fsp3) is 0.188. The van der Waals surface area contributed by atoms with Gasteiger partial charge in [0.25, 0.3) is 11.8 Å². The molecule has 0 bridgehead atoms. The number of hydrazine groups is 1. The molecule has 0 saturated heterocycles. The van der Waals surface area contributed by atoms with E-state index in [1.807, 2.05) is 0 Å². The van der Waals surface area contributed by atoms with Crippen LogP contribution in [-0.4, -0.2) is 50.7 Å². The number of carbonyl (C=O) groups is 3. The van der Waals surface area contributed by atoms with E-state index in [1.54, 1.807) is 17.5 Å². The summed E-state index contributed by atoms with van der Waals surface area (Å²) in [6.45, 7) is -1.28. The number of hydrogen-bond donors (Lipinski definition) is 2. The zero-order valence-electron chi connectivity index (χ0n) is 14.5. The van der Waals surface area contributed by atoms with Crippen molar-refractivity contribution in [2.24, 2.45) is 0 Å². The third kappa shape index (κ3) is 6.02. The third-order valence-corrected chi connectivity index (χ3v) is 6.24. The molecule has 0 aliphatic carbocycles. The number of ether oxygens (including phenoxy) is 1. The highest BCUT2D eigenvalue weighted by molar-refractivity contribution is 7.89. The highest BCUT2D eigenvalue weighted by atomic mass is 35.5. The van der Waals surface area contributed by atoms with Crippen LogP contribution < -0.4 is 10.9 Å². The summed E-state index contributed by atoms with van der Waals surface area (Å²) in [6, 6.07) is 8.69. The van der Waals surface area contributed by atoms with Crippen LogP contribution in [0.25, 0.3) is 0 Å². The number of benzene rings is 1. The van der Waals surface area contributed by atoms with E-state index < -0.39 is 41.0 Å². The average molecular weight is 446 g/mol. The molecule has 0 atom stereocenters. The molecule has 9 nitrogen and oxygen atoms in total. The van der Waals surface area contributed by atoms with Crippen LogP contribution in [0.4, 0.5) is 0 Å². The van der Waals surface area contributed by atoms with Crippen molar-refractivity contribution in [1.82, 2.24) is 15.2 Å². The van der Waals surface area contributed by atoms with Crippen molar-refractivity contribution >= 4 is 50.7 Å². The Hall–Kier alpha value is -2.47. The molecule has 0 fully saturated rings. The minimum Gasteiger partial charge on any atom is -0.455 e. The molecule has 1 aromatic heterocycles. The number of carbonyl (C=O) groups excluding carboxylic acids is 3. The maximum atomic E-state index is 12.4. The molecule has 1 aromatic carbocycles. The molecular formula is C16H16ClN3O6S2. The van der Waals surface area contributed by atoms with Crippen molar-refractivity contribution in [3.63, 3.8) is 0 Å². The quantitative estimate of drug-likeness (QED) is 0.484. The Morgan fingerprint density at radius 2 is 1.82 bits per heavy atom. The van der Waals surface area contributed by atoms with Crippen LogP contribution in [0.2, 0.25) is 5.02 Å². The number of thiophene rings is 1. The summed E-state index contributed by atoms with van der Waals surface area (Å²) >= 11 is 6.92. The first-order chi connectivity index (χ1) is 13.2. The molecule has 0 unspecified atom stereocenters. The van der Waals surface area contributed by atoms with Gasteiger partial charge in [0, 0.05) is 12.1 Å². The Morgan fingerprint density at radius 1 is 1.14 bits per heavy atom. The van der Waals surface area contributed by atoms with Crippen LogP contribution in [0.1, 0.15) is 9.67 Å². The standard InChI is InChI=1S/C16H16ClN3O6S2/c1-20(28(24,25)12-6-4-11(17)5-7-12)9-15(22)26-10-14(21)18-19-16(23)13-3-2-8-27-13/h2-8H,9-10H2,1H3,(H,18,21)(H,19,23). The van der Waals surface area contributed by atoms with Gasteiger partial charge >= 0.3 is 5.97 Å². The molecule has 28 heavy (non-hydrogen) atoms. The normalized spacial score (nSPS) is 11.1.